The number of benzene rings is 1. The molecule has 1 aromatic carbocycles. The zero-order valence-corrected chi connectivity index (χ0v) is 12.4. The third-order valence-corrected chi connectivity index (χ3v) is 3.01. The number of halogens is 2. The maximum absolute atomic E-state index is 11.8. The highest BCUT2D eigenvalue weighted by Crippen LogP contribution is 2.19. The summed E-state index contributed by atoms with van der Waals surface area (Å²) >= 11 is 11.7. The van der Waals surface area contributed by atoms with Gasteiger partial charge in [-0.3, -0.25) is 4.79 Å². The third kappa shape index (κ3) is 4.14. The molecule has 0 radical (unpaired) electrons. The molecule has 0 fully saturated rings. The van der Waals surface area contributed by atoms with Gasteiger partial charge < -0.3 is 4.98 Å². The largest absolute Gasteiger partial charge is 0.345 e. The van der Waals surface area contributed by atoms with Crippen LogP contribution in [0.5, 0.6) is 0 Å². The predicted octanol–water partition coefficient (Wildman–Crippen LogP) is 2.15. The van der Waals surface area contributed by atoms with Crippen LogP contribution in [0.2, 0.25) is 10.0 Å². The molecule has 108 valence electrons. The second kappa shape index (κ2) is 6.51. The molecule has 0 saturated carbocycles. The summed E-state index contributed by atoms with van der Waals surface area (Å²) < 4.78 is 0. The SMILES string of the molecule is Cc1cc(C(=O)N/N=C/c2ccc(Cl)cc2Cl)nc(=O)[nH]1. The lowest BCUT2D eigenvalue weighted by atomic mass is 10.2. The number of amides is 1. The molecule has 0 aliphatic carbocycles. The molecule has 21 heavy (non-hydrogen) atoms. The van der Waals surface area contributed by atoms with Crippen molar-refractivity contribution in [2.24, 2.45) is 5.10 Å². The summed E-state index contributed by atoms with van der Waals surface area (Å²) in [7, 11) is 0. The number of hydrogen-bond acceptors (Lipinski definition) is 4. The molecule has 0 bridgehead atoms. The number of carbonyl (C=O) groups excluding carboxylic acids is 1. The minimum atomic E-state index is -0.593. The summed E-state index contributed by atoms with van der Waals surface area (Å²) in [6.07, 6.45) is 1.37. The van der Waals surface area contributed by atoms with Gasteiger partial charge in [0.2, 0.25) is 0 Å². The average Bonchev–Trinajstić information content (AvgIpc) is 2.40. The second-order valence-corrected chi connectivity index (χ2v) is 4.96. The Balaban J connectivity index is 2.10. The van der Waals surface area contributed by atoms with Crippen molar-refractivity contribution in [1.82, 2.24) is 15.4 Å². The zero-order valence-electron chi connectivity index (χ0n) is 10.9. The third-order valence-electron chi connectivity index (χ3n) is 2.44. The number of aromatic nitrogens is 2. The predicted molar refractivity (Wildman–Crippen MR) is 81.1 cm³/mol. The highest BCUT2D eigenvalue weighted by Gasteiger charge is 2.07. The Morgan fingerprint density at radius 3 is 2.81 bits per heavy atom. The molecule has 0 aliphatic heterocycles. The number of carbonyl (C=O) groups is 1. The van der Waals surface area contributed by atoms with Gasteiger partial charge in [-0.15, -0.1) is 0 Å². The number of H-pyrrole nitrogens is 1. The van der Waals surface area contributed by atoms with Crippen molar-refractivity contribution in [2.75, 3.05) is 0 Å². The zero-order chi connectivity index (χ0) is 15.4. The molecule has 8 heteroatoms. The molecule has 0 saturated heterocycles. The van der Waals surface area contributed by atoms with Gasteiger partial charge in [0.05, 0.1) is 11.2 Å². The molecule has 0 unspecified atom stereocenters. The lowest BCUT2D eigenvalue weighted by molar-refractivity contribution is 0.0949. The summed E-state index contributed by atoms with van der Waals surface area (Å²) in [5, 5.41) is 4.68. The number of hydrogen-bond donors (Lipinski definition) is 2. The molecule has 6 nitrogen and oxygen atoms in total. The maximum atomic E-state index is 11.8. The Morgan fingerprint density at radius 1 is 1.38 bits per heavy atom. The molecule has 0 aliphatic rings. The average molecular weight is 325 g/mol. The van der Waals surface area contributed by atoms with Crippen molar-refractivity contribution in [3.8, 4) is 0 Å². The van der Waals surface area contributed by atoms with Crippen molar-refractivity contribution in [2.45, 2.75) is 6.92 Å². The van der Waals surface area contributed by atoms with Crippen LogP contribution in [0, 0.1) is 6.92 Å². The minimum absolute atomic E-state index is 0.0180. The molecule has 2 aromatic rings. The van der Waals surface area contributed by atoms with Gasteiger partial charge >= 0.3 is 5.69 Å². The summed E-state index contributed by atoms with van der Waals surface area (Å²) in [5.41, 5.74) is 2.78. The van der Waals surface area contributed by atoms with Crippen molar-refractivity contribution in [3.63, 3.8) is 0 Å². The Bertz CT molecular complexity index is 771. The molecule has 2 rings (SSSR count). The van der Waals surface area contributed by atoms with Gasteiger partial charge in [-0.25, -0.2) is 10.2 Å². The summed E-state index contributed by atoms with van der Waals surface area (Å²) in [6, 6.07) is 6.32. The van der Waals surface area contributed by atoms with E-state index in [1.54, 1.807) is 25.1 Å². The number of aromatic amines is 1. The summed E-state index contributed by atoms with van der Waals surface area (Å²) in [4.78, 5) is 28.9. The van der Waals surface area contributed by atoms with Gasteiger partial charge in [0.1, 0.15) is 5.69 Å². The van der Waals surface area contributed by atoms with Crippen LogP contribution in [0.1, 0.15) is 21.7 Å². The van der Waals surface area contributed by atoms with E-state index in [0.29, 0.717) is 21.3 Å². The standard InChI is InChI=1S/C13H10Cl2N4O2/c1-7-4-11(18-13(21)17-7)12(20)19-16-6-8-2-3-9(14)5-10(8)15/h2-6H,1H3,(H,19,20)(H,17,18,21)/b16-6+. The Labute approximate surface area is 129 Å². The Hall–Kier alpha value is -2.18. The van der Waals surface area contributed by atoms with E-state index in [0.717, 1.165) is 0 Å². The Morgan fingerprint density at radius 2 is 2.14 bits per heavy atom. The molecule has 0 atom stereocenters. The van der Waals surface area contributed by atoms with Crippen LogP contribution in [-0.2, 0) is 0 Å². The Kier molecular flexibility index (Phi) is 4.72. The molecule has 2 N–H and O–H groups in total. The van der Waals surface area contributed by atoms with Gasteiger partial charge in [-0.2, -0.15) is 10.1 Å². The normalized spacial score (nSPS) is 10.8. The van der Waals surface area contributed by atoms with Crippen LogP contribution in [0.3, 0.4) is 0 Å². The first-order valence-electron chi connectivity index (χ1n) is 5.82. The first-order valence-corrected chi connectivity index (χ1v) is 6.58. The molecule has 1 amide bonds. The van der Waals surface area contributed by atoms with E-state index in [1.165, 1.54) is 12.3 Å². The van der Waals surface area contributed by atoms with Crippen LogP contribution in [0.25, 0.3) is 0 Å². The summed E-state index contributed by atoms with van der Waals surface area (Å²) in [6.45, 7) is 1.65. The number of nitrogens with zero attached hydrogens (tertiary/aromatic N) is 2. The van der Waals surface area contributed by atoms with E-state index in [9.17, 15) is 9.59 Å². The number of hydrazone groups is 1. The first kappa shape index (κ1) is 15.2. The maximum Gasteiger partial charge on any atom is 0.345 e. The van der Waals surface area contributed by atoms with Gasteiger partial charge in [0.15, 0.2) is 0 Å². The minimum Gasteiger partial charge on any atom is -0.310 e. The van der Waals surface area contributed by atoms with E-state index >= 15 is 0 Å². The second-order valence-electron chi connectivity index (χ2n) is 4.12. The monoisotopic (exact) mass is 324 g/mol. The highest BCUT2D eigenvalue weighted by molar-refractivity contribution is 6.36. The lowest BCUT2D eigenvalue weighted by Crippen LogP contribution is -2.24. The van der Waals surface area contributed by atoms with Gasteiger partial charge in [0, 0.05) is 16.3 Å². The number of nitrogens with one attached hydrogen (secondary N) is 2. The van der Waals surface area contributed by atoms with Crippen LogP contribution in [-0.4, -0.2) is 22.1 Å². The molecular formula is C13H10Cl2N4O2. The van der Waals surface area contributed by atoms with Crippen LogP contribution >= 0.6 is 23.2 Å². The quantitative estimate of drug-likeness (QED) is 0.669. The number of rotatable bonds is 3. The fourth-order valence-corrected chi connectivity index (χ4v) is 1.98. The summed E-state index contributed by atoms with van der Waals surface area (Å²) in [5.74, 6) is -0.592. The molecule has 1 heterocycles. The first-order chi connectivity index (χ1) is 9.95. The highest BCUT2D eigenvalue weighted by atomic mass is 35.5. The van der Waals surface area contributed by atoms with Crippen molar-refractivity contribution < 1.29 is 4.79 Å². The topological polar surface area (TPSA) is 87.2 Å². The van der Waals surface area contributed by atoms with E-state index < -0.39 is 11.6 Å². The van der Waals surface area contributed by atoms with Crippen molar-refractivity contribution in [3.05, 3.63) is 61.7 Å². The van der Waals surface area contributed by atoms with Crippen LogP contribution in [0.4, 0.5) is 0 Å². The van der Waals surface area contributed by atoms with Gasteiger partial charge in [-0.1, -0.05) is 29.3 Å². The fraction of sp³-hybridized carbons (Fsp3) is 0.0769. The smallest absolute Gasteiger partial charge is 0.310 e. The fourth-order valence-electron chi connectivity index (χ4n) is 1.52. The molecule has 0 spiro atoms. The van der Waals surface area contributed by atoms with Crippen LogP contribution < -0.4 is 11.1 Å². The lowest BCUT2D eigenvalue weighted by Gasteiger charge is -2.00. The molecular weight excluding hydrogens is 315 g/mol. The van der Waals surface area contributed by atoms with Crippen molar-refractivity contribution in [1.29, 1.82) is 0 Å². The van der Waals surface area contributed by atoms with Crippen molar-refractivity contribution >= 4 is 35.3 Å². The van der Waals surface area contributed by atoms with E-state index in [4.69, 9.17) is 23.2 Å². The van der Waals surface area contributed by atoms with Gasteiger partial charge in [0.25, 0.3) is 5.91 Å². The molecule has 1 aromatic heterocycles. The van der Waals surface area contributed by atoms with E-state index in [2.05, 4.69) is 20.5 Å². The van der Waals surface area contributed by atoms with Gasteiger partial charge in [-0.05, 0) is 25.1 Å². The van der Waals surface area contributed by atoms with Crippen LogP contribution in [0.15, 0.2) is 34.2 Å². The van der Waals surface area contributed by atoms with E-state index in [1.807, 2.05) is 0 Å². The van der Waals surface area contributed by atoms with E-state index in [-0.39, 0.29) is 5.69 Å². The number of aryl methyl sites for hydroxylation is 1.